The van der Waals surface area contributed by atoms with Crippen molar-refractivity contribution in [2.45, 2.75) is 46.6 Å². The first-order valence-electron chi connectivity index (χ1n) is 9.52. The number of hydrogen-bond acceptors (Lipinski definition) is 6. The van der Waals surface area contributed by atoms with E-state index in [4.69, 9.17) is 24.1 Å². The summed E-state index contributed by atoms with van der Waals surface area (Å²) in [6, 6.07) is 0. The van der Waals surface area contributed by atoms with Crippen molar-refractivity contribution in [3.05, 3.63) is 46.9 Å². The fraction of sp³-hybridized carbons (Fsp3) is 0.455. The molecule has 0 bridgehead atoms. The molecule has 158 valence electrons. The summed E-state index contributed by atoms with van der Waals surface area (Å²) in [5, 5.41) is 8.77. The molecule has 1 heterocycles. The van der Waals surface area contributed by atoms with E-state index >= 15 is 0 Å². The van der Waals surface area contributed by atoms with Crippen LogP contribution < -0.4 is 9.47 Å². The van der Waals surface area contributed by atoms with Crippen molar-refractivity contribution in [2.24, 2.45) is 5.92 Å². The normalized spacial score (nSPS) is 12.8. The molecule has 0 spiro atoms. The van der Waals surface area contributed by atoms with E-state index in [-0.39, 0.29) is 24.9 Å². The van der Waals surface area contributed by atoms with Crippen molar-refractivity contribution in [1.82, 2.24) is 0 Å². The number of rotatable bonds is 11. The van der Waals surface area contributed by atoms with Crippen LogP contribution in [0.1, 0.15) is 53.7 Å². The first-order chi connectivity index (χ1) is 13.8. The second kappa shape index (κ2) is 10.0. The summed E-state index contributed by atoms with van der Waals surface area (Å²) in [4.78, 5) is 23.1. The van der Waals surface area contributed by atoms with Gasteiger partial charge in [0.25, 0.3) is 5.95 Å². The molecule has 0 saturated heterocycles. The monoisotopic (exact) mass is 404 g/mol. The molecule has 1 aromatic carbocycles. The number of hydrogen-bond donors (Lipinski definition) is 1. The van der Waals surface area contributed by atoms with Gasteiger partial charge in [0, 0.05) is 17.5 Å². The number of fused-ring (bicyclic) bond motifs is 1. The molecule has 0 unspecified atom stereocenters. The van der Waals surface area contributed by atoms with E-state index in [0.717, 1.165) is 11.1 Å². The molecule has 0 atom stereocenters. The van der Waals surface area contributed by atoms with E-state index < -0.39 is 11.9 Å². The lowest BCUT2D eigenvalue weighted by Crippen LogP contribution is -2.11. The fourth-order valence-electron chi connectivity index (χ4n) is 3.05. The zero-order valence-corrected chi connectivity index (χ0v) is 17.4. The Morgan fingerprint density at radius 3 is 2.66 bits per heavy atom. The van der Waals surface area contributed by atoms with Crippen LogP contribution >= 0.6 is 0 Å². The predicted octanol–water partition coefficient (Wildman–Crippen LogP) is 4.16. The molecule has 0 radical (unpaired) electrons. The van der Waals surface area contributed by atoms with Crippen molar-refractivity contribution < 1.29 is 33.6 Å². The molecule has 7 nitrogen and oxygen atoms in total. The van der Waals surface area contributed by atoms with Gasteiger partial charge in [0.2, 0.25) is 0 Å². The van der Waals surface area contributed by atoms with Crippen LogP contribution in [-0.4, -0.2) is 30.8 Å². The molecule has 0 saturated carbocycles. The smallest absolute Gasteiger partial charge is 0.342 e. The lowest BCUT2D eigenvalue weighted by atomic mass is 9.95. The average Bonchev–Trinajstić information content (AvgIpc) is 3.04. The number of esters is 1. The number of aliphatic carboxylic acids is 1. The van der Waals surface area contributed by atoms with Crippen LogP contribution in [0, 0.1) is 12.8 Å². The maximum Gasteiger partial charge on any atom is 0.342 e. The van der Waals surface area contributed by atoms with Crippen molar-refractivity contribution in [2.75, 3.05) is 13.7 Å². The summed E-state index contributed by atoms with van der Waals surface area (Å²) in [7, 11) is 1.55. The SMILES string of the molecule is C=C(OCC(C)C)Oc1c(C/C=C/CCC(=O)O)c(OC)c(C)c2c1C(=O)OC2. The molecule has 0 fully saturated rings. The largest absolute Gasteiger partial charge is 0.496 e. The van der Waals surface area contributed by atoms with Gasteiger partial charge in [0.05, 0.1) is 13.7 Å². The summed E-state index contributed by atoms with van der Waals surface area (Å²) >= 11 is 0. The van der Waals surface area contributed by atoms with Gasteiger partial charge in [-0.15, -0.1) is 0 Å². The molecule has 7 heteroatoms. The third-order valence-electron chi connectivity index (χ3n) is 4.43. The van der Waals surface area contributed by atoms with Crippen LogP contribution in [0.25, 0.3) is 0 Å². The number of carbonyl (C=O) groups excluding carboxylic acids is 1. The number of carboxylic acid groups (broad SMARTS) is 1. The maximum atomic E-state index is 12.4. The Hall–Kier alpha value is -2.96. The molecule has 1 N–H and O–H groups in total. The van der Waals surface area contributed by atoms with E-state index in [1.54, 1.807) is 13.2 Å². The number of cyclic esters (lactones) is 1. The summed E-state index contributed by atoms with van der Waals surface area (Å²) in [6.45, 7) is 10.3. The van der Waals surface area contributed by atoms with Crippen molar-refractivity contribution >= 4 is 11.9 Å². The Bertz CT molecular complexity index is 821. The highest BCUT2D eigenvalue weighted by Gasteiger charge is 2.33. The minimum absolute atomic E-state index is 0.0480. The Morgan fingerprint density at radius 1 is 1.31 bits per heavy atom. The van der Waals surface area contributed by atoms with E-state index in [0.29, 0.717) is 42.1 Å². The highest BCUT2D eigenvalue weighted by atomic mass is 16.7. The summed E-state index contributed by atoms with van der Waals surface area (Å²) in [6.07, 6.45) is 4.45. The van der Waals surface area contributed by atoms with Gasteiger partial charge < -0.3 is 24.1 Å². The van der Waals surface area contributed by atoms with Crippen molar-refractivity contribution in [3.63, 3.8) is 0 Å². The van der Waals surface area contributed by atoms with Crippen LogP contribution in [0.5, 0.6) is 11.5 Å². The van der Waals surface area contributed by atoms with Gasteiger partial charge in [-0.2, -0.15) is 0 Å². The minimum Gasteiger partial charge on any atom is -0.496 e. The third kappa shape index (κ3) is 5.53. The van der Waals surface area contributed by atoms with Crippen LogP contribution in [0.3, 0.4) is 0 Å². The first-order valence-corrected chi connectivity index (χ1v) is 9.52. The Morgan fingerprint density at radius 2 is 2.03 bits per heavy atom. The highest BCUT2D eigenvalue weighted by Crippen LogP contribution is 2.43. The summed E-state index contributed by atoms with van der Waals surface area (Å²) in [5.74, 6) is -0.0458. The second-order valence-corrected chi connectivity index (χ2v) is 7.18. The molecular formula is C22H28O7. The highest BCUT2D eigenvalue weighted by molar-refractivity contribution is 5.98. The van der Waals surface area contributed by atoms with Crippen LogP contribution in [0.15, 0.2) is 24.7 Å². The van der Waals surface area contributed by atoms with Crippen LogP contribution in [0.2, 0.25) is 0 Å². The molecule has 0 aliphatic carbocycles. The summed E-state index contributed by atoms with van der Waals surface area (Å²) < 4.78 is 22.2. The Balaban J connectivity index is 2.41. The van der Waals surface area contributed by atoms with E-state index in [1.807, 2.05) is 26.8 Å². The second-order valence-electron chi connectivity index (χ2n) is 7.18. The van der Waals surface area contributed by atoms with E-state index in [9.17, 15) is 9.59 Å². The van der Waals surface area contributed by atoms with E-state index in [1.165, 1.54) is 0 Å². The predicted molar refractivity (Wildman–Crippen MR) is 107 cm³/mol. The van der Waals surface area contributed by atoms with E-state index in [2.05, 4.69) is 6.58 Å². The molecule has 1 aliphatic heterocycles. The van der Waals surface area contributed by atoms with Gasteiger partial charge in [-0.25, -0.2) is 4.79 Å². The zero-order chi connectivity index (χ0) is 21.6. The number of carboxylic acids is 1. The van der Waals surface area contributed by atoms with Gasteiger partial charge in [0.1, 0.15) is 17.9 Å². The summed E-state index contributed by atoms with van der Waals surface area (Å²) in [5.41, 5.74) is 2.54. The molecule has 29 heavy (non-hydrogen) atoms. The minimum atomic E-state index is -0.856. The van der Waals surface area contributed by atoms with Gasteiger partial charge in [0.15, 0.2) is 5.75 Å². The number of carbonyl (C=O) groups is 2. The number of ether oxygens (including phenoxy) is 4. The molecule has 2 rings (SSSR count). The average molecular weight is 404 g/mol. The number of methoxy groups -OCH3 is 1. The number of allylic oxidation sites excluding steroid dienone is 2. The standard InChI is InChI=1S/C22H28O7/c1-13(2)11-27-15(4)29-21-16(9-7-6-8-10-18(23)24)20(26-5)14(3)17-12-28-22(25)19(17)21/h6-7,13H,4,8-12H2,1-3,5H3,(H,23,24)/b7-6+. The van der Waals surface area contributed by atoms with Gasteiger partial charge in [-0.05, 0) is 37.8 Å². The fourth-order valence-corrected chi connectivity index (χ4v) is 3.05. The molecule has 0 aromatic heterocycles. The zero-order valence-electron chi connectivity index (χ0n) is 17.4. The van der Waals surface area contributed by atoms with Gasteiger partial charge in [-0.3, -0.25) is 4.79 Å². The first kappa shape index (κ1) is 22.3. The van der Waals surface area contributed by atoms with Crippen molar-refractivity contribution in [3.8, 4) is 11.5 Å². The number of benzene rings is 1. The van der Waals surface area contributed by atoms with Crippen LogP contribution in [0.4, 0.5) is 0 Å². The van der Waals surface area contributed by atoms with Gasteiger partial charge in [-0.1, -0.05) is 26.0 Å². The molecule has 1 aromatic rings. The Kier molecular flexibility index (Phi) is 7.70. The molecular weight excluding hydrogens is 376 g/mol. The Labute approximate surface area is 170 Å². The maximum absolute atomic E-state index is 12.4. The van der Waals surface area contributed by atoms with Crippen LogP contribution in [-0.2, 0) is 27.3 Å². The molecule has 0 amide bonds. The quantitative estimate of drug-likeness (QED) is 0.336. The topological polar surface area (TPSA) is 91.3 Å². The lowest BCUT2D eigenvalue weighted by molar-refractivity contribution is -0.136. The lowest BCUT2D eigenvalue weighted by Gasteiger charge is -2.20. The molecule has 1 aliphatic rings. The van der Waals surface area contributed by atoms with Gasteiger partial charge >= 0.3 is 11.9 Å². The third-order valence-corrected chi connectivity index (χ3v) is 4.43. The van der Waals surface area contributed by atoms with Crippen molar-refractivity contribution in [1.29, 1.82) is 0 Å².